The summed E-state index contributed by atoms with van der Waals surface area (Å²) >= 11 is 0. The van der Waals surface area contributed by atoms with Crippen LogP contribution in [0.1, 0.15) is 56.0 Å². The summed E-state index contributed by atoms with van der Waals surface area (Å²) in [5, 5.41) is 10.9. The third kappa shape index (κ3) is 3.94. The van der Waals surface area contributed by atoms with E-state index in [9.17, 15) is 14.7 Å². The molecule has 2 heterocycles. The highest BCUT2D eigenvalue weighted by atomic mass is 16.3. The zero-order valence-electron chi connectivity index (χ0n) is 17.3. The predicted molar refractivity (Wildman–Crippen MR) is 109 cm³/mol. The summed E-state index contributed by atoms with van der Waals surface area (Å²) in [5.41, 5.74) is 6.39. The fraction of sp³-hybridized carbons (Fsp3) is 0.636. The first kappa shape index (κ1) is 20.8. The van der Waals surface area contributed by atoms with Gasteiger partial charge in [-0.1, -0.05) is 25.1 Å². The van der Waals surface area contributed by atoms with Crippen LogP contribution >= 0.6 is 0 Å². The maximum atomic E-state index is 13.2. The largest absolute Gasteiger partial charge is 0.392 e. The number of hydrogen-bond donors (Lipinski definition) is 2. The highest BCUT2D eigenvalue weighted by Gasteiger charge is 2.48. The maximum absolute atomic E-state index is 13.2. The van der Waals surface area contributed by atoms with Crippen LogP contribution in [0.2, 0.25) is 0 Å². The minimum Gasteiger partial charge on any atom is -0.392 e. The van der Waals surface area contributed by atoms with Crippen LogP contribution < -0.4 is 5.73 Å². The van der Waals surface area contributed by atoms with Gasteiger partial charge in [0.05, 0.1) is 11.6 Å². The Kier molecular flexibility index (Phi) is 5.82. The fourth-order valence-corrected chi connectivity index (χ4v) is 4.67. The van der Waals surface area contributed by atoms with E-state index in [0.717, 1.165) is 30.4 Å². The van der Waals surface area contributed by atoms with Crippen molar-refractivity contribution in [2.24, 2.45) is 11.1 Å². The molecule has 1 aromatic carbocycles. The van der Waals surface area contributed by atoms with Crippen molar-refractivity contribution in [1.82, 2.24) is 9.80 Å². The number of carbonyl (C=O) groups excluding carboxylic acids is 2. The molecule has 6 nitrogen and oxygen atoms in total. The lowest BCUT2D eigenvalue weighted by Crippen LogP contribution is -2.63. The molecule has 0 aliphatic carbocycles. The third-order valence-corrected chi connectivity index (χ3v) is 6.25. The number of rotatable bonds is 3. The Hall–Kier alpha value is -1.92. The Bertz CT molecular complexity index is 743. The molecule has 1 spiro atoms. The summed E-state index contributed by atoms with van der Waals surface area (Å²) in [6, 6.07) is 7.72. The van der Waals surface area contributed by atoms with E-state index in [1.165, 1.54) is 0 Å². The molecule has 3 rings (SSSR count). The van der Waals surface area contributed by atoms with E-state index in [-0.39, 0.29) is 11.8 Å². The number of likely N-dealkylation sites (tertiary alicyclic amines) is 2. The van der Waals surface area contributed by atoms with Crippen molar-refractivity contribution in [3.05, 3.63) is 35.4 Å². The summed E-state index contributed by atoms with van der Waals surface area (Å²) in [5.74, 6) is -0.0788. The van der Waals surface area contributed by atoms with Gasteiger partial charge in [0.2, 0.25) is 5.91 Å². The van der Waals surface area contributed by atoms with Gasteiger partial charge in [-0.2, -0.15) is 0 Å². The van der Waals surface area contributed by atoms with Gasteiger partial charge in [-0.25, -0.2) is 0 Å². The summed E-state index contributed by atoms with van der Waals surface area (Å²) in [7, 11) is 0. The Morgan fingerprint density at radius 2 is 1.89 bits per heavy atom. The van der Waals surface area contributed by atoms with Gasteiger partial charge >= 0.3 is 0 Å². The number of carbonyl (C=O) groups is 2. The minimum atomic E-state index is -0.937. The number of nitrogens with zero attached hydrogens (tertiary/aromatic N) is 2. The normalized spacial score (nSPS) is 25.8. The van der Waals surface area contributed by atoms with Crippen molar-refractivity contribution in [2.75, 3.05) is 26.2 Å². The number of nitrogens with two attached hydrogens (primary N) is 1. The van der Waals surface area contributed by atoms with Gasteiger partial charge in [0.1, 0.15) is 0 Å². The molecule has 2 aliphatic heterocycles. The van der Waals surface area contributed by atoms with Crippen LogP contribution in [0.4, 0.5) is 0 Å². The van der Waals surface area contributed by atoms with Gasteiger partial charge in [0.25, 0.3) is 5.91 Å². The fourth-order valence-electron chi connectivity index (χ4n) is 4.67. The first-order valence-electron chi connectivity index (χ1n) is 10.3. The van der Waals surface area contributed by atoms with Crippen molar-refractivity contribution in [3.63, 3.8) is 0 Å². The molecule has 28 heavy (non-hydrogen) atoms. The molecule has 2 atom stereocenters. The highest BCUT2D eigenvalue weighted by molar-refractivity contribution is 5.95. The van der Waals surface area contributed by atoms with E-state index in [4.69, 9.17) is 5.73 Å². The summed E-state index contributed by atoms with van der Waals surface area (Å²) < 4.78 is 0. The smallest absolute Gasteiger partial charge is 0.254 e. The van der Waals surface area contributed by atoms with Gasteiger partial charge in [-0.05, 0) is 51.2 Å². The first-order chi connectivity index (χ1) is 13.2. The second-order valence-electron chi connectivity index (χ2n) is 8.96. The van der Waals surface area contributed by atoms with Crippen molar-refractivity contribution in [3.8, 4) is 0 Å². The van der Waals surface area contributed by atoms with Crippen LogP contribution in [-0.2, 0) is 11.2 Å². The van der Waals surface area contributed by atoms with Crippen molar-refractivity contribution < 1.29 is 14.7 Å². The molecule has 0 bridgehead atoms. The molecular weight excluding hydrogens is 354 g/mol. The minimum absolute atomic E-state index is 0.0197. The molecule has 2 aliphatic rings. The number of piperidine rings is 2. The Morgan fingerprint density at radius 3 is 2.57 bits per heavy atom. The molecule has 2 saturated heterocycles. The number of amides is 2. The number of hydrogen-bond acceptors (Lipinski definition) is 4. The molecule has 0 radical (unpaired) electrons. The standard InChI is InChI=1S/C22H33N3O3/c1-4-16-8-5-6-9-17(16)19(27)24-12-7-11-22(14-24)15-25(13-10-18(22)26)20(28)21(2,3)23/h5-6,8-9,18,26H,4,7,10-15,23H2,1-3H3/t18-,22+/m1/s1. The summed E-state index contributed by atoms with van der Waals surface area (Å²) in [6.45, 7) is 7.59. The first-order valence-corrected chi connectivity index (χ1v) is 10.3. The van der Waals surface area contributed by atoms with Crippen molar-refractivity contribution in [2.45, 2.75) is 58.1 Å². The molecule has 154 valence electrons. The van der Waals surface area contributed by atoms with E-state index in [1.54, 1.807) is 18.7 Å². The zero-order valence-corrected chi connectivity index (χ0v) is 17.3. The molecule has 0 aromatic heterocycles. The third-order valence-electron chi connectivity index (χ3n) is 6.25. The van der Waals surface area contributed by atoms with Crippen LogP contribution in [0.15, 0.2) is 24.3 Å². The van der Waals surface area contributed by atoms with E-state index < -0.39 is 17.1 Å². The van der Waals surface area contributed by atoms with Gasteiger partial charge in [0.15, 0.2) is 0 Å². The van der Waals surface area contributed by atoms with Gasteiger partial charge < -0.3 is 20.6 Å². The molecule has 1 aromatic rings. The van der Waals surface area contributed by atoms with Gasteiger partial charge in [-0.15, -0.1) is 0 Å². The predicted octanol–water partition coefficient (Wildman–Crippen LogP) is 1.80. The monoisotopic (exact) mass is 387 g/mol. The lowest BCUT2D eigenvalue weighted by Gasteiger charge is -2.51. The number of benzene rings is 1. The topological polar surface area (TPSA) is 86.9 Å². The van der Waals surface area contributed by atoms with Crippen molar-refractivity contribution in [1.29, 1.82) is 0 Å². The molecule has 2 amide bonds. The SMILES string of the molecule is CCc1ccccc1C(=O)N1CCC[C@]2(C1)CN(C(=O)C(C)(C)N)CC[C@H]2O. The second-order valence-corrected chi connectivity index (χ2v) is 8.96. The Balaban J connectivity index is 1.82. The molecule has 2 fully saturated rings. The quantitative estimate of drug-likeness (QED) is 0.828. The van der Waals surface area contributed by atoms with Gasteiger partial charge in [-0.3, -0.25) is 9.59 Å². The molecule has 3 N–H and O–H groups in total. The summed E-state index contributed by atoms with van der Waals surface area (Å²) in [6.07, 6.45) is 2.44. The number of aliphatic hydroxyl groups is 1. The molecular formula is C22H33N3O3. The lowest BCUT2D eigenvalue weighted by molar-refractivity contribution is -0.146. The maximum Gasteiger partial charge on any atom is 0.254 e. The average Bonchev–Trinajstić information content (AvgIpc) is 2.68. The van der Waals surface area contributed by atoms with Crippen LogP contribution in [0.5, 0.6) is 0 Å². The van der Waals surface area contributed by atoms with E-state index >= 15 is 0 Å². The van der Waals surface area contributed by atoms with Crippen molar-refractivity contribution >= 4 is 11.8 Å². The molecule has 6 heteroatoms. The van der Waals surface area contributed by atoms with Crippen LogP contribution in [-0.4, -0.2) is 64.5 Å². The van der Waals surface area contributed by atoms with E-state index in [1.807, 2.05) is 36.1 Å². The molecule has 0 unspecified atom stereocenters. The average molecular weight is 388 g/mol. The van der Waals surface area contributed by atoms with Crippen LogP contribution in [0, 0.1) is 5.41 Å². The zero-order chi connectivity index (χ0) is 20.5. The Morgan fingerprint density at radius 1 is 1.21 bits per heavy atom. The number of aryl methyl sites for hydroxylation is 1. The lowest BCUT2D eigenvalue weighted by atomic mass is 9.71. The van der Waals surface area contributed by atoms with E-state index in [2.05, 4.69) is 0 Å². The second kappa shape index (κ2) is 7.84. The van der Waals surface area contributed by atoms with Crippen LogP contribution in [0.25, 0.3) is 0 Å². The highest BCUT2D eigenvalue weighted by Crippen LogP contribution is 2.39. The van der Waals surface area contributed by atoms with Gasteiger partial charge in [0, 0.05) is 37.2 Å². The van der Waals surface area contributed by atoms with E-state index in [0.29, 0.717) is 32.6 Å². The van der Waals surface area contributed by atoms with Crippen LogP contribution in [0.3, 0.4) is 0 Å². The Labute approximate surface area is 167 Å². The number of aliphatic hydroxyl groups excluding tert-OH is 1. The summed E-state index contributed by atoms with van der Waals surface area (Å²) in [4.78, 5) is 29.6. The molecule has 0 saturated carbocycles.